The van der Waals surface area contributed by atoms with Gasteiger partial charge in [-0.25, -0.2) is 0 Å². The van der Waals surface area contributed by atoms with Gasteiger partial charge in [0, 0.05) is 10.5 Å². The predicted molar refractivity (Wildman–Crippen MR) is 64.2 cm³/mol. The minimum Gasteiger partial charge on any atom is -0.491 e. The van der Waals surface area contributed by atoms with E-state index in [2.05, 4.69) is 0 Å². The van der Waals surface area contributed by atoms with Crippen LogP contribution >= 0.6 is 11.6 Å². The molecule has 1 saturated carbocycles. The van der Waals surface area contributed by atoms with Crippen LogP contribution in [0.4, 0.5) is 0 Å². The van der Waals surface area contributed by atoms with E-state index in [1.807, 2.05) is 0 Å². The van der Waals surface area contributed by atoms with Crippen LogP contribution in [-0.4, -0.2) is 23.3 Å². The maximum atomic E-state index is 9.20. The third-order valence-electron chi connectivity index (χ3n) is 2.85. The van der Waals surface area contributed by atoms with E-state index in [1.165, 1.54) is 12.8 Å². The fraction of sp³-hybridized carbons (Fsp3) is 0.455. The van der Waals surface area contributed by atoms with Crippen molar-refractivity contribution in [1.29, 1.82) is 0 Å². The zero-order valence-corrected chi connectivity index (χ0v) is 9.65. The molecule has 86 valence electrons. The van der Waals surface area contributed by atoms with Crippen LogP contribution in [0.5, 0.6) is 5.75 Å². The Hall–Kier alpha value is -0.705. The predicted octanol–water partition coefficient (Wildman–Crippen LogP) is 1.34. The smallest absolute Gasteiger partial charge is 0.491 e. The molecule has 0 radical (unpaired) electrons. The van der Waals surface area contributed by atoms with Crippen LogP contribution in [0.15, 0.2) is 18.2 Å². The maximum Gasteiger partial charge on any atom is 0.492 e. The molecule has 2 rings (SSSR count). The van der Waals surface area contributed by atoms with Gasteiger partial charge in [-0.15, -0.1) is 0 Å². The number of hydrogen-bond acceptors (Lipinski definition) is 3. The first-order chi connectivity index (χ1) is 7.66. The minimum absolute atomic E-state index is 0.177. The van der Waals surface area contributed by atoms with Crippen molar-refractivity contribution < 1.29 is 14.8 Å². The third kappa shape index (κ3) is 2.70. The molecule has 0 atom stereocenters. The Bertz CT molecular complexity index is 364. The Balaban J connectivity index is 2.19. The second-order valence-electron chi connectivity index (χ2n) is 4.08. The van der Waals surface area contributed by atoms with Crippen LogP contribution in [-0.2, 0) is 0 Å². The Morgan fingerprint density at radius 3 is 2.56 bits per heavy atom. The van der Waals surface area contributed by atoms with Gasteiger partial charge in [0.25, 0.3) is 0 Å². The molecule has 1 aliphatic carbocycles. The van der Waals surface area contributed by atoms with Gasteiger partial charge >= 0.3 is 7.12 Å². The highest BCUT2D eigenvalue weighted by atomic mass is 35.5. The lowest BCUT2D eigenvalue weighted by Crippen LogP contribution is -2.32. The molecule has 1 fully saturated rings. The number of hydrogen-bond donors (Lipinski definition) is 2. The summed E-state index contributed by atoms with van der Waals surface area (Å²) in [5.41, 5.74) is 0.372. The molecular formula is C11H14BClO3. The van der Waals surface area contributed by atoms with Crippen molar-refractivity contribution in [3.8, 4) is 5.75 Å². The van der Waals surface area contributed by atoms with Crippen molar-refractivity contribution in [2.45, 2.75) is 31.8 Å². The first-order valence-electron chi connectivity index (χ1n) is 5.49. The van der Waals surface area contributed by atoms with Gasteiger partial charge in [0.2, 0.25) is 0 Å². The summed E-state index contributed by atoms with van der Waals surface area (Å²) < 4.78 is 5.74. The van der Waals surface area contributed by atoms with Crippen molar-refractivity contribution in [2.75, 3.05) is 0 Å². The largest absolute Gasteiger partial charge is 0.492 e. The van der Waals surface area contributed by atoms with E-state index >= 15 is 0 Å². The van der Waals surface area contributed by atoms with Gasteiger partial charge in [-0.2, -0.15) is 0 Å². The molecule has 1 aromatic rings. The van der Waals surface area contributed by atoms with E-state index in [1.54, 1.807) is 18.2 Å². The number of rotatable bonds is 3. The standard InChI is InChI=1S/C11H14BClO3/c13-8-5-6-10(12(14)15)11(7-8)16-9-3-1-2-4-9/h5-7,9,14-15H,1-4H2. The Morgan fingerprint density at radius 2 is 1.94 bits per heavy atom. The summed E-state index contributed by atoms with van der Waals surface area (Å²) in [6.45, 7) is 0. The SMILES string of the molecule is OB(O)c1ccc(Cl)cc1OC1CCCC1. The van der Waals surface area contributed by atoms with E-state index < -0.39 is 7.12 Å². The van der Waals surface area contributed by atoms with Crippen LogP contribution in [0.2, 0.25) is 5.02 Å². The molecule has 5 heteroatoms. The average Bonchev–Trinajstić information content (AvgIpc) is 2.70. The molecule has 0 saturated heterocycles. The third-order valence-corrected chi connectivity index (χ3v) is 3.08. The van der Waals surface area contributed by atoms with Crippen LogP contribution < -0.4 is 10.2 Å². The van der Waals surface area contributed by atoms with Gasteiger partial charge in [0.1, 0.15) is 5.75 Å². The molecular weight excluding hydrogens is 226 g/mol. The van der Waals surface area contributed by atoms with Crippen LogP contribution in [0, 0.1) is 0 Å². The summed E-state index contributed by atoms with van der Waals surface area (Å²) in [6.07, 6.45) is 4.56. The topological polar surface area (TPSA) is 49.7 Å². The maximum absolute atomic E-state index is 9.20. The second-order valence-corrected chi connectivity index (χ2v) is 4.52. The van der Waals surface area contributed by atoms with E-state index in [0.717, 1.165) is 12.8 Å². The van der Waals surface area contributed by atoms with Gasteiger partial charge < -0.3 is 14.8 Å². The van der Waals surface area contributed by atoms with Gasteiger partial charge in [-0.05, 0) is 37.8 Å². The monoisotopic (exact) mass is 240 g/mol. The minimum atomic E-state index is -1.52. The highest BCUT2D eigenvalue weighted by Gasteiger charge is 2.22. The molecule has 3 nitrogen and oxygen atoms in total. The molecule has 0 aromatic heterocycles. The summed E-state index contributed by atoms with van der Waals surface area (Å²) in [7, 11) is -1.52. The van der Waals surface area contributed by atoms with Crippen molar-refractivity contribution in [1.82, 2.24) is 0 Å². The fourth-order valence-electron chi connectivity index (χ4n) is 2.01. The molecule has 1 aliphatic rings. The van der Waals surface area contributed by atoms with Gasteiger partial charge in [0.15, 0.2) is 0 Å². The summed E-state index contributed by atoms with van der Waals surface area (Å²) in [6, 6.07) is 4.84. The van der Waals surface area contributed by atoms with E-state index in [0.29, 0.717) is 16.2 Å². The first-order valence-corrected chi connectivity index (χ1v) is 5.87. The zero-order valence-electron chi connectivity index (χ0n) is 8.90. The highest BCUT2D eigenvalue weighted by molar-refractivity contribution is 6.59. The molecule has 0 aliphatic heterocycles. The van der Waals surface area contributed by atoms with Gasteiger partial charge in [0.05, 0.1) is 6.10 Å². The van der Waals surface area contributed by atoms with Crippen molar-refractivity contribution in [3.05, 3.63) is 23.2 Å². The summed E-state index contributed by atoms with van der Waals surface area (Å²) >= 11 is 5.86. The Kier molecular flexibility index (Phi) is 3.74. The normalized spacial score (nSPS) is 16.4. The van der Waals surface area contributed by atoms with E-state index in [4.69, 9.17) is 16.3 Å². The molecule has 16 heavy (non-hydrogen) atoms. The molecule has 0 spiro atoms. The highest BCUT2D eigenvalue weighted by Crippen LogP contribution is 2.24. The average molecular weight is 240 g/mol. The van der Waals surface area contributed by atoms with Crippen LogP contribution in [0.3, 0.4) is 0 Å². The lowest BCUT2D eigenvalue weighted by molar-refractivity contribution is 0.211. The van der Waals surface area contributed by atoms with Gasteiger partial charge in [-0.1, -0.05) is 17.7 Å². The van der Waals surface area contributed by atoms with Crippen molar-refractivity contribution in [3.63, 3.8) is 0 Å². The first kappa shape index (κ1) is 11.8. The van der Waals surface area contributed by atoms with E-state index in [-0.39, 0.29) is 6.10 Å². The second kappa shape index (κ2) is 5.08. The summed E-state index contributed by atoms with van der Waals surface area (Å²) in [5, 5.41) is 18.9. The Labute approximate surface area is 100 Å². The lowest BCUT2D eigenvalue weighted by Gasteiger charge is -2.16. The Morgan fingerprint density at radius 1 is 1.25 bits per heavy atom. The molecule has 2 N–H and O–H groups in total. The molecule has 0 bridgehead atoms. The summed E-state index contributed by atoms with van der Waals surface area (Å²) in [5.74, 6) is 0.481. The molecule has 1 aromatic carbocycles. The fourth-order valence-corrected chi connectivity index (χ4v) is 2.17. The zero-order chi connectivity index (χ0) is 11.5. The van der Waals surface area contributed by atoms with Crippen molar-refractivity contribution in [2.24, 2.45) is 0 Å². The molecule has 0 heterocycles. The molecule has 0 amide bonds. The van der Waals surface area contributed by atoms with Crippen LogP contribution in [0.1, 0.15) is 25.7 Å². The van der Waals surface area contributed by atoms with Crippen LogP contribution in [0.25, 0.3) is 0 Å². The van der Waals surface area contributed by atoms with Gasteiger partial charge in [-0.3, -0.25) is 0 Å². The van der Waals surface area contributed by atoms with E-state index in [9.17, 15) is 10.0 Å². The lowest BCUT2D eigenvalue weighted by atomic mass is 9.79. The molecule has 0 unspecified atom stereocenters. The number of benzene rings is 1. The summed E-state index contributed by atoms with van der Waals surface area (Å²) in [4.78, 5) is 0. The number of ether oxygens (including phenoxy) is 1. The van der Waals surface area contributed by atoms with Crippen molar-refractivity contribution >= 4 is 24.2 Å². The quantitative estimate of drug-likeness (QED) is 0.784. The number of halogens is 1.